The molecule has 0 amide bonds. The number of H-pyrrole nitrogens is 1. The maximum absolute atomic E-state index is 8.92. The Bertz CT molecular complexity index is 250. The molecule has 14 heavy (non-hydrogen) atoms. The minimum atomic E-state index is -0.456. The monoisotopic (exact) mass is 216 g/mol. The van der Waals surface area contributed by atoms with Gasteiger partial charge in [-0.2, -0.15) is 5.10 Å². The van der Waals surface area contributed by atoms with E-state index in [0.717, 1.165) is 23.8 Å². The molecule has 0 radical (unpaired) electrons. The van der Waals surface area contributed by atoms with Gasteiger partial charge in [-0.15, -0.1) is 0 Å². The van der Waals surface area contributed by atoms with Crippen molar-refractivity contribution in [1.29, 1.82) is 0 Å². The van der Waals surface area contributed by atoms with Crippen molar-refractivity contribution in [3.05, 3.63) is 6.33 Å². The summed E-state index contributed by atoms with van der Waals surface area (Å²) in [5, 5.41) is 16.3. The lowest BCUT2D eigenvalue weighted by molar-refractivity contribution is 0.200. The number of aromatic nitrogens is 3. The SMILES string of the molecule is CC(N)(CO)CCCSc1ncn[nH]1. The molecule has 0 aliphatic carbocycles. The molecule has 0 fully saturated rings. The van der Waals surface area contributed by atoms with Crippen molar-refractivity contribution in [3.63, 3.8) is 0 Å². The van der Waals surface area contributed by atoms with E-state index in [1.54, 1.807) is 11.8 Å². The predicted molar refractivity (Wildman–Crippen MR) is 56.0 cm³/mol. The van der Waals surface area contributed by atoms with Gasteiger partial charge in [-0.3, -0.25) is 5.10 Å². The second kappa shape index (κ2) is 5.33. The molecular formula is C8H16N4OS. The maximum Gasteiger partial charge on any atom is 0.183 e. The molecule has 5 nitrogen and oxygen atoms in total. The minimum Gasteiger partial charge on any atom is -0.394 e. The third kappa shape index (κ3) is 4.08. The Morgan fingerprint density at radius 3 is 3.07 bits per heavy atom. The van der Waals surface area contributed by atoms with E-state index in [-0.39, 0.29) is 6.61 Å². The lowest BCUT2D eigenvalue weighted by Crippen LogP contribution is -2.40. The fourth-order valence-corrected chi connectivity index (χ4v) is 1.71. The molecule has 0 spiro atoms. The second-order valence-corrected chi connectivity index (χ2v) is 4.64. The molecule has 80 valence electrons. The molecule has 0 bridgehead atoms. The highest BCUT2D eigenvalue weighted by molar-refractivity contribution is 7.99. The van der Waals surface area contributed by atoms with Crippen LogP contribution in [-0.4, -0.2) is 38.2 Å². The zero-order valence-corrected chi connectivity index (χ0v) is 9.05. The van der Waals surface area contributed by atoms with Gasteiger partial charge in [0.2, 0.25) is 0 Å². The highest BCUT2D eigenvalue weighted by Crippen LogP contribution is 2.16. The molecule has 0 aromatic carbocycles. The first-order valence-electron chi connectivity index (χ1n) is 4.52. The summed E-state index contributed by atoms with van der Waals surface area (Å²) in [4.78, 5) is 3.99. The van der Waals surface area contributed by atoms with E-state index in [9.17, 15) is 0 Å². The van der Waals surface area contributed by atoms with Crippen LogP contribution >= 0.6 is 11.8 Å². The molecule has 0 aliphatic rings. The van der Waals surface area contributed by atoms with E-state index in [1.807, 2.05) is 6.92 Å². The number of nitrogens with zero attached hydrogens (tertiary/aromatic N) is 2. The van der Waals surface area contributed by atoms with Crippen LogP contribution in [0.15, 0.2) is 11.5 Å². The number of aliphatic hydroxyl groups is 1. The topological polar surface area (TPSA) is 87.8 Å². The Labute approximate surface area is 87.5 Å². The van der Waals surface area contributed by atoms with Crippen LogP contribution in [0.25, 0.3) is 0 Å². The summed E-state index contributed by atoms with van der Waals surface area (Å²) in [7, 11) is 0. The van der Waals surface area contributed by atoms with Crippen LogP contribution in [0, 0.1) is 0 Å². The summed E-state index contributed by atoms with van der Waals surface area (Å²) in [6, 6.07) is 0. The molecule has 0 saturated carbocycles. The third-order valence-electron chi connectivity index (χ3n) is 1.89. The summed E-state index contributed by atoms with van der Waals surface area (Å²) < 4.78 is 0. The average molecular weight is 216 g/mol. The van der Waals surface area contributed by atoms with Crippen LogP contribution in [0.5, 0.6) is 0 Å². The fourth-order valence-electron chi connectivity index (χ4n) is 0.988. The van der Waals surface area contributed by atoms with E-state index < -0.39 is 5.54 Å². The summed E-state index contributed by atoms with van der Waals surface area (Å²) >= 11 is 1.61. The summed E-state index contributed by atoms with van der Waals surface area (Å²) in [6.07, 6.45) is 3.26. The van der Waals surface area contributed by atoms with E-state index >= 15 is 0 Å². The standard InChI is InChI=1S/C8H16N4OS/c1-8(9,5-13)3-2-4-14-7-10-6-11-12-7/h6,13H,2-5,9H2,1H3,(H,10,11,12). The van der Waals surface area contributed by atoms with Crippen LogP contribution in [0.2, 0.25) is 0 Å². The number of hydrogen-bond acceptors (Lipinski definition) is 5. The quantitative estimate of drug-likeness (QED) is 0.473. The van der Waals surface area contributed by atoms with Crippen molar-refractivity contribution < 1.29 is 5.11 Å². The molecule has 0 aliphatic heterocycles. The van der Waals surface area contributed by atoms with Crippen LogP contribution in [0.4, 0.5) is 0 Å². The van der Waals surface area contributed by atoms with Gasteiger partial charge in [-0.05, 0) is 19.8 Å². The van der Waals surface area contributed by atoms with E-state index in [4.69, 9.17) is 10.8 Å². The van der Waals surface area contributed by atoms with Gasteiger partial charge in [-0.25, -0.2) is 4.98 Å². The van der Waals surface area contributed by atoms with Crippen molar-refractivity contribution in [2.75, 3.05) is 12.4 Å². The van der Waals surface area contributed by atoms with Gasteiger partial charge in [-0.1, -0.05) is 11.8 Å². The Balaban J connectivity index is 2.11. The zero-order valence-electron chi connectivity index (χ0n) is 8.23. The highest BCUT2D eigenvalue weighted by Gasteiger charge is 2.15. The van der Waals surface area contributed by atoms with Gasteiger partial charge < -0.3 is 10.8 Å². The predicted octanol–water partition coefficient (Wildman–Crippen LogP) is 0.387. The van der Waals surface area contributed by atoms with Gasteiger partial charge >= 0.3 is 0 Å². The molecular weight excluding hydrogens is 200 g/mol. The first kappa shape index (κ1) is 11.5. The Morgan fingerprint density at radius 1 is 1.71 bits per heavy atom. The fraction of sp³-hybridized carbons (Fsp3) is 0.750. The molecule has 1 unspecified atom stereocenters. The normalized spacial score (nSPS) is 15.4. The van der Waals surface area contributed by atoms with Crippen molar-refractivity contribution in [3.8, 4) is 0 Å². The van der Waals surface area contributed by atoms with Gasteiger partial charge in [0, 0.05) is 11.3 Å². The molecule has 1 atom stereocenters. The lowest BCUT2D eigenvalue weighted by atomic mass is 9.99. The van der Waals surface area contributed by atoms with Crippen LogP contribution in [0.3, 0.4) is 0 Å². The van der Waals surface area contributed by atoms with E-state index in [0.29, 0.717) is 0 Å². The van der Waals surface area contributed by atoms with Crippen molar-refractivity contribution in [1.82, 2.24) is 15.2 Å². The lowest BCUT2D eigenvalue weighted by Gasteiger charge is -2.20. The van der Waals surface area contributed by atoms with Crippen molar-refractivity contribution in [2.24, 2.45) is 5.73 Å². The third-order valence-corrected chi connectivity index (χ3v) is 2.85. The molecule has 0 saturated heterocycles. The highest BCUT2D eigenvalue weighted by atomic mass is 32.2. The van der Waals surface area contributed by atoms with Gasteiger partial charge in [0.05, 0.1) is 6.61 Å². The number of nitrogens with one attached hydrogen (secondary N) is 1. The van der Waals surface area contributed by atoms with Gasteiger partial charge in [0.1, 0.15) is 6.33 Å². The number of rotatable bonds is 6. The second-order valence-electron chi connectivity index (χ2n) is 3.55. The molecule has 6 heteroatoms. The summed E-state index contributed by atoms with van der Waals surface area (Å²) in [6.45, 7) is 1.88. The number of aliphatic hydroxyl groups excluding tert-OH is 1. The van der Waals surface area contributed by atoms with Crippen LogP contribution < -0.4 is 5.73 Å². The summed E-state index contributed by atoms with van der Waals surface area (Å²) in [5.41, 5.74) is 5.32. The van der Waals surface area contributed by atoms with Gasteiger partial charge in [0.15, 0.2) is 5.16 Å². The Morgan fingerprint density at radius 2 is 2.50 bits per heavy atom. The smallest absolute Gasteiger partial charge is 0.183 e. The van der Waals surface area contributed by atoms with E-state index in [2.05, 4.69) is 15.2 Å². The number of thioether (sulfide) groups is 1. The average Bonchev–Trinajstić information content (AvgIpc) is 2.65. The van der Waals surface area contributed by atoms with Crippen LogP contribution in [-0.2, 0) is 0 Å². The first-order valence-corrected chi connectivity index (χ1v) is 5.50. The maximum atomic E-state index is 8.92. The molecule has 1 aromatic heterocycles. The minimum absolute atomic E-state index is 0.0278. The number of aromatic amines is 1. The van der Waals surface area contributed by atoms with Crippen LogP contribution in [0.1, 0.15) is 19.8 Å². The first-order chi connectivity index (χ1) is 6.64. The largest absolute Gasteiger partial charge is 0.394 e. The zero-order chi connectivity index (χ0) is 10.4. The Hall–Kier alpha value is -0.590. The number of hydrogen-bond donors (Lipinski definition) is 3. The van der Waals surface area contributed by atoms with Crippen molar-refractivity contribution in [2.45, 2.75) is 30.5 Å². The Kier molecular flexibility index (Phi) is 4.37. The molecule has 1 heterocycles. The molecule has 1 rings (SSSR count). The molecule has 1 aromatic rings. The van der Waals surface area contributed by atoms with Crippen molar-refractivity contribution >= 4 is 11.8 Å². The molecule has 4 N–H and O–H groups in total. The number of nitrogens with two attached hydrogens (primary N) is 1. The van der Waals surface area contributed by atoms with E-state index in [1.165, 1.54) is 6.33 Å². The summed E-state index contributed by atoms with van der Waals surface area (Å²) in [5.74, 6) is 0.933. The van der Waals surface area contributed by atoms with Gasteiger partial charge in [0.25, 0.3) is 0 Å².